The summed E-state index contributed by atoms with van der Waals surface area (Å²) >= 11 is 5.17. The molecule has 0 rings (SSSR count). The molecule has 0 radical (unpaired) electrons. The van der Waals surface area contributed by atoms with E-state index >= 15 is 0 Å². The Morgan fingerprint density at radius 3 is 1.87 bits per heavy atom. The highest BCUT2D eigenvalue weighted by molar-refractivity contribution is 7.80. The minimum absolute atomic E-state index is 0.216. The van der Waals surface area contributed by atoms with Crippen molar-refractivity contribution in [2.45, 2.75) is 54.0 Å². The van der Waals surface area contributed by atoms with Gasteiger partial charge in [0, 0.05) is 13.1 Å². The van der Waals surface area contributed by atoms with E-state index in [-0.39, 0.29) is 5.41 Å². The van der Waals surface area contributed by atoms with Crippen molar-refractivity contribution in [3.8, 4) is 0 Å². The van der Waals surface area contributed by atoms with Gasteiger partial charge >= 0.3 is 0 Å². The molecule has 2 N–H and O–H groups in total. The molecule has 0 aromatic carbocycles. The quantitative estimate of drug-likeness (QED) is 0.713. The number of hydrogen-bond acceptors (Lipinski definition) is 1. The van der Waals surface area contributed by atoms with E-state index in [9.17, 15) is 0 Å². The lowest BCUT2D eigenvalue weighted by Gasteiger charge is -2.36. The second-order valence-electron chi connectivity index (χ2n) is 6.41. The van der Waals surface area contributed by atoms with Crippen LogP contribution in [0.25, 0.3) is 0 Å². The molecule has 2 nitrogen and oxygen atoms in total. The Kier molecular flexibility index (Phi) is 5.04. The smallest absolute Gasteiger partial charge is 0.166 e. The summed E-state index contributed by atoms with van der Waals surface area (Å²) in [5.41, 5.74) is 0.530. The third-order valence-electron chi connectivity index (χ3n) is 2.39. The highest BCUT2D eigenvalue weighted by Crippen LogP contribution is 2.30. The fraction of sp³-hybridized carbons (Fsp3) is 0.917. The Bertz CT molecular complexity index is 211. The van der Waals surface area contributed by atoms with Gasteiger partial charge in [0.05, 0.1) is 0 Å². The average molecular weight is 230 g/mol. The molecule has 0 saturated heterocycles. The van der Waals surface area contributed by atoms with Gasteiger partial charge in [-0.1, -0.05) is 41.5 Å². The summed E-state index contributed by atoms with van der Waals surface area (Å²) in [4.78, 5) is 0. The molecule has 15 heavy (non-hydrogen) atoms. The molecule has 0 fully saturated rings. The Morgan fingerprint density at radius 1 is 1.13 bits per heavy atom. The fourth-order valence-electron chi connectivity index (χ4n) is 1.42. The van der Waals surface area contributed by atoms with E-state index in [1.165, 1.54) is 0 Å². The summed E-state index contributed by atoms with van der Waals surface area (Å²) < 4.78 is 0. The Morgan fingerprint density at radius 2 is 1.60 bits per heavy atom. The van der Waals surface area contributed by atoms with Gasteiger partial charge in [-0.25, -0.2) is 0 Å². The number of rotatable bonds is 2. The van der Waals surface area contributed by atoms with Crippen LogP contribution < -0.4 is 10.6 Å². The summed E-state index contributed by atoms with van der Waals surface area (Å²) in [5, 5.41) is 7.09. The van der Waals surface area contributed by atoms with Gasteiger partial charge in [0.15, 0.2) is 5.11 Å². The largest absolute Gasteiger partial charge is 0.366 e. The first-order chi connectivity index (χ1) is 6.56. The van der Waals surface area contributed by atoms with E-state index < -0.39 is 0 Å². The third kappa shape index (κ3) is 6.72. The first-order valence-electron chi connectivity index (χ1n) is 5.54. The van der Waals surface area contributed by atoms with E-state index in [2.05, 4.69) is 52.2 Å². The second-order valence-corrected chi connectivity index (χ2v) is 6.82. The van der Waals surface area contributed by atoms with Gasteiger partial charge < -0.3 is 10.6 Å². The van der Waals surface area contributed by atoms with Crippen LogP contribution >= 0.6 is 12.2 Å². The summed E-state index contributed by atoms with van der Waals surface area (Å²) in [5.74, 6) is 0. The summed E-state index contributed by atoms with van der Waals surface area (Å²) in [6.07, 6.45) is 1.11. The van der Waals surface area contributed by atoms with Crippen LogP contribution in [-0.2, 0) is 0 Å². The predicted molar refractivity (Wildman–Crippen MR) is 72.1 cm³/mol. The summed E-state index contributed by atoms with van der Waals surface area (Å²) in [7, 11) is 1.85. The van der Waals surface area contributed by atoms with Crippen molar-refractivity contribution in [3.05, 3.63) is 0 Å². The molecule has 0 aromatic rings. The minimum Gasteiger partial charge on any atom is -0.366 e. The molecule has 3 heteroatoms. The normalized spacial score (nSPS) is 14.6. The van der Waals surface area contributed by atoms with E-state index in [0.29, 0.717) is 11.5 Å². The van der Waals surface area contributed by atoms with Crippen LogP contribution in [0.1, 0.15) is 48.0 Å². The predicted octanol–water partition coefficient (Wildman–Crippen LogP) is 2.93. The molecule has 0 bridgehead atoms. The lowest BCUT2D eigenvalue weighted by atomic mass is 9.77. The second kappa shape index (κ2) is 5.15. The molecule has 0 amide bonds. The van der Waals surface area contributed by atoms with Gasteiger partial charge in [-0.15, -0.1) is 0 Å². The van der Waals surface area contributed by atoms with Crippen LogP contribution in [0.15, 0.2) is 0 Å². The van der Waals surface area contributed by atoms with Crippen molar-refractivity contribution in [1.82, 2.24) is 10.6 Å². The maximum absolute atomic E-state index is 5.17. The van der Waals surface area contributed by atoms with Crippen LogP contribution in [0, 0.1) is 10.8 Å². The Hall–Kier alpha value is -0.310. The SMILES string of the molecule is CNC(=S)NC(CC(C)(C)C)C(C)(C)C. The third-order valence-corrected chi connectivity index (χ3v) is 2.72. The van der Waals surface area contributed by atoms with Crippen molar-refractivity contribution in [1.29, 1.82) is 0 Å². The maximum Gasteiger partial charge on any atom is 0.166 e. The van der Waals surface area contributed by atoms with Gasteiger partial charge in [-0.05, 0) is 29.5 Å². The minimum atomic E-state index is 0.216. The van der Waals surface area contributed by atoms with Crippen LogP contribution in [0.5, 0.6) is 0 Å². The molecule has 0 aliphatic heterocycles. The highest BCUT2D eigenvalue weighted by Gasteiger charge is 2.29. The van der Waals surface area contributed by atoms with Crippen LogP contribution in [0.2, 0.25) is 0 Å². The van der Waals surface area contributed by atoms with Crippen molar-refractivity contribution in [2.75, 3.05) is 7.05 Å². The van der Waals surface area contributed by atoms with Crippen LogP contribution in [0.4, 0.5) is 0 Å². The summed E-state index contributed by atoms with van der Waals surface area (Å²) in [6, 6.07) is 0.400. The van der Waals surface area contributed by atoms with Crippen molar-refractivity contribution < 1.29 is 0 Å². The molecule has 0 heterocycles. The van der Waals surface area contributed by atoms with E-state index in [1.807, 2.05) is 7.05 Å². The first-order valence-corrected chi connectivity index (χ1v) is 5.95. The zero-order valence-electron chi connectivity index (χ0n) is 11.2. The fourth-order valence-corrected chi connectivity index (χ4v) is 1.56. The number of thiocarbonyl (C=S) groups is 1. The van der Waals surface area contributed by atoms with Gasteiger partial charge in [0.25, 0.3) is 0 Å². The van der Waals surface area contributed by atoms with Crippen molar-refractivity contribution in [2.24, 2.45) is 10.8 Å². The van der Waals surface area contributed by atoms with Gasteiger partial charge in [0.2, 0.25) is 0 Å². The molecule has 90 valence electrons. The molecular formula is C12H26N2S. The van der Waals surface area contributed by atoms with Crippen molar-refractivity contribution >= 4 is 17.3 Å². The van der Waals surface area contributed by atoms with Crippen molar-refractivity contribution in [3.63, 3.8) is 0 Å². The molecule has 1 atom stereocenters. The van der Waals surface area contributed by atoms with E-state index in [4.69, 9.17) is 12.2 Å². The van der Waals surface area contributed by atoms with E-state index in [1.54, 1.807) is 0 Å². The van der Waals surface area contributed by atoms with Gasteiger partial charge in [-0.3, -0.25) is 0 Å². The first kappa shape index (κ1) is 14.7. The Balaban J connectivity index is 4.54. The lowest BCUT2D eigenvalue weighted by molar-refractivity contribution is 0.214. The molecule has 0 aromatic heterocycles. The maximum atomic E-state index is 5.17. The standard InChI is InChI=1S/C12H26N2S/c1-11(2,3)8-9(12(4,5)6)14-10(15)13-7/h9H,8H2,1-7H3,(H2,13,14,15). The molecule has 1 unspecified atom stereocenters. The van der Waals surface area contributed by atoms with Gasteiger partial charge in [-0.2, -0.15) is 0 Å². The summed E-state index contributed by atoms with van der Waals surface area (Å²) in [6.45, 7) is 13.5. The van der Waals surface area contributed by atoms with E-state index in [0.717, 1.165) is 11.5 Å². The Labute approximate surface area is 100 Å². The monoisotopic (exact) mass is 230 g/mol. The average Bonchev–Trinajstić information content (AvgIpc) is 1.98. The molecule has 0 saturated carbocycles. The lowest BCUT2D eigenvalue weighted by Crippen LogP contribution is -2.48. The van der Waals surface area contributed by atoms with Crippen LogP contribution in [0.3, 0.4) is 0 Å². The zero-order chi connectivity index (χ0) is 12.3. The number of hydrogen-bond donors (Lipinski definition) is 2. The molecule has 0 spiro atoms. The topological polar surface area (TPSA) is 24.1 Å². The molecular weight excluding hydrogens is 204 g/mol. The number of nitrogens with one attached hydrogen (secondary N) is 2. The van der Waals surface area contributed by atoms with Crippen LogP contribution in [-0.4, -0.2) is 18.2 Å². The van der Waals surface area contributed by atoms with Gasteiger partial charge in [0.1, 0.15) is 0 Å². The highest BCUT2D eigenvalue weighted by atomic mass is 32.1. The molecule has 0 aliphatic rings. The zero-order valence-corrected chi connectivity index (χ0v) is 12.0. The molecule has 0 aliphatic carbocycles.